The molecule has 1 saturated carbocycles. The molecule has 3 aromatic rings. The van der Waals surface area contributed by atoms with E-state index in [1.165, 1.54) is 17.2 Å². The molecule has 1 fully saturated rings. The number of hydrogen-bond acceptors (Lipinski definition) is 6. The van der Waals surface area contributed by atoms with Gasteiger partial charge in [-0.25, -0.2) is 19.3 Å². The first-order chi connectivity index (χ1) is 13.1. The minimum Gasteiger partial charge on any atom is -0.396 e. The van der Waals surface area contributed by atoms with Gasteiger partial charge in [0, 0.05) is 18.1 Å². The lowest BCUT2D eigenvalue weighted by Crippen LogP contribution is -2.26. The Morgan fingerprint density at radius 2 is 2.04 bits per heavy atom. The van der Waals surface area contributed by atoms with Gasteiger partial charge in [-0.15, -0.1) is 0 Å². The van der Waals surface area contributed by atoms with E-state index < -0.39 is 24.2 Å². The second kappa shape index (κ2) is 7.01. The molecule has 140 valence electrons. The van der Waals surface area contributed by atoms with Crippen molar-refractivity contribution in [3.8, 4) is 0 Å². The average molecular weight is 371 g/mol. The number of hydrogen-bond donors (Lipinski definition) is 3. The van der Waals surface area contributed by atoms with Crippen LogP contribution >= 0.6 is 0 Å². The van der Waals surface area contributed by atoms with Gasteiger partial charge in [0.2, 0.25) is 0 Å². The fourth-order valence-corrected chi connectivity index (χ4v) is 3.47. The van der Waals surface area contributed by atoms with Gasteiger partial charge in [0.25, 0.3) is 5.91 Å². The molecular formula is C18H18FN5O3. The summed E-state index contributed by atoms with van der Waals surface area (Å²) < 4.78 is 16.0. The van der Waals surface area contributed by atoms with E-state index >= 15 is 0 Å². The summed E-state index contributed by atoms with van der Waals surface area (Å²) in [6.45, 7) is -0.294. The van der Waals surface area contributed by atoms with E-state index in [0.717, 1.165) is 0 Å². The van der Waals surface area contributed by atoms with Gasteiger partial charge in [-0.05, 0) is 18.6 Å². The van der Waals surface area contributed by atoms with Crippen LogP contribution in [0.25, 0.3) is 11.2 Å². The molecule has 2 heterocycles. The van der Waals surface area contributed by atoms with Crippen molar-refractivity contribution >= 4 is 22.9 Å². The number of halogens is 1. The van der Waals surface area contributed by atoms with Crippen LogP contribution in [0.15, 0.2) is 43.0 Å². The Hall–Kier alpha value is -2.91. The molecule has 1 aliphatic rings. The summed E-state index contributed by atoms with van der Waals surface area (Å²) in [4.78, 5) is 24.8. The molecule has 0 spiro atoms. The molecule has 8 nitrogen and oxygen atoms in total. The molecule has 1 aliphatic carbocycles. The Morgan fingerprint density at radius 3 is 2.74 bits per heavy atom. The number of rotatable bonds is 4. The highest BCUT2D eigenvalue weighted by atomic mass is 19.1. The largest absolute Gasteiger partial charge is 0.396 e. The van der Waals surface area contributed by atoms with Crippen LogP contribution in [0, 0.1) is 5.92 Å². The number of imidazole rings is 1. The number of carbonyl (C=O) groups excluding carboxylic acids is 1. The second-order valence-electron chi connectivity index (χ2n) is 6.55. The summed E-state index contributed by atoms with van der Waals surface area (Å²) in [6.07, 6.45) is 0.165. The lowest BCUT2D eigenvalue weighted by atomic mass is 10.1. The lowest BCUT2D eigenvalue weighted by Gasteiger charge is -2.16. The molecular weight excluding hydrogens is 353 g/mol. The Kier molecular flexibility index (Phi) is 4.54. The standard InChI is InChI=1S/C18H18FN5O3/c19-13-12(6-11(7-25)15(13)26)24-9-22-14-16(20-8-21-17(14)24)23-18(27)10-4-2-1-3-5-10/h1-5,8-9,11-13,15,25-26H,6-7H2,(H,20,21,23,27)/t11-,12-,13+,15-/m1/s1. The second-order valence-corrected chi connectivity index (χ2v) is 6.55. The van der Waals surface area contributed by atoms with Crippen LogP contribution in [-0.2, 0) is 0 Å². The molecule has 0 bridgehead atoms. The molecule has 9 heteroatoms. The number of benzene rings is 1. The van der Waals surface area contributed by atoms with Gasteiger partial charge < -0.3 is 20.1 Å². The minimum absolute atomic E-state index is 0.222. The maximum absolute atomic E-state index is 14.5. The smallest absolute Gasteiger partial charge is 0.256 e. The number of aliphatic hydroxyl groups is 2. The molecule has 4 atom stereocenters. The molecule has 3 N–H and O–H groups in total. The number of carbonyl (C=O) groups is 1. The number of nitrogens with zero attached hydrogens (tertiary/aromatic N) is 4. The molecule has 0 aliphatic heterocycles. The molecule has 2 aromatic heterocycles. The van der Waals surface area contributed by atoms with Crippen molar-refractivity contribution in [1.29, 1.82) is 0 Å². The normalized spacial score (nSPS) is 25.0. The fourth-order valence-electron chi connectivity index (χ4n) is 3.47. The Bertz CT molecular complexity index is 964. The van der Waals surface area contributed by atoms with Crippen molar-refractivity contribution in [1.82, 2.24) is 19.5 Å². The van der Waals surface area contributed by atoms with Gasteiger partial charge >= 0.3 is 0 Å². The number of fused-ring (bicyclic) bond motifs is 1. The van der Waals surface area contributed by atoms with E-state index in [2.05, 4.69) is 20.3 Å². The third kappa shape index (κ3) is 3.04. The van der Waals surface area contributed by atoms with Gasteiger partial charge in [0.1, 0.15) is 12.5 Å². The lowest BCUT2D eigenvalue weighted by molar-refractivity contribution is 0.0400. The summed E-state index contributed by atoms with van der Waals surface area (Å²) in [5.41, 5.74) is 1.15. The highest BCUT2D eigenvalue weighted by molar-refractivity contribution is 6.06. The van der Waals surface area contributed by atoms with Crippen LogP contribution in [0.1, 0.15) is 22.8 Å². The number of anilines is 1. The highest BCUT2D eigenvalue weighted by Gasteiger charge is 2.44. The van der Waals surface area contributed by atoms with Gasteiger partial charge in [-0.2, -0.15) is 0 Å². The van der Waals surface area contributed by atoms with Gasteiger partial charge in [-0.3, -0.25) is 4.79 Å². The SMILES string of the molecule is O=C(Nc1ncnc2c1ncn2[C@@H]1C[C@H](CO)[C@@H](O)[C@H]1F)c1ccccc1. The summed E-state index contributed by atoms with van der Waals surface area (Å²) >= 11 is 0. The molecule has 1 aromatic carbocycles. The Labute approximate surface area is 153 Å². The topological polar surface area (TPSA) is 113 Å². The van der Waals surface area contributed by atoms with E-state index in [1.54, 1.807) is 24.3 Å². The molecule has 4 rings (SSSR count). The highest BCUT2D eigenvalue weighted by Crippen LogP contribution is 2.38. The average Bonchev–Trinajstić information content (AvgIpc) is 3.25. The third-order valence-electron chi connectivity index (χ3n) is 4.94. The van der Waals surface area contributed by atoms with Crippen molar-refractivity contribution < 1.29 is 19.4 Å². The number of aliphatic hydroxyl groups excluding tert-OH is 2. The quantitative estimate of drug-likeness (QED) is 0.638. The Morgan fingerprint density at radius 1 is 1.26 bits per heavy atom. The number of aromatic nitrogens is 4. The Balaban J connectivity index is 1.65. The van der Waals surface area contributed by atoms with Crippen molar-refractivity contribution in [3.63, 3.8) is 0 Å². The van der Waals surface area contributed by atoms with E-state index in [9.17, 15) is 19.4 Å². The zero-order valence-electron chi connectivity index (χ0n) is 14.2. The fraction of sp³-hybridized carbons (Fsp3) is 0.333. The number of nitrogens with one attached hydrogen (secondary N) is 1. The monoisotopic (exact) mass is 371 g/mol. The van der Waals surface area contributed by atoms with E-state index in [1.807, 2.05) is 6.07 Å². The summed E-state index contributed by atoms with van der Waals surface area (Å²) in [5, 5.41) is 21.9. The van der Waals surface area contributed by atoms with Crippen LogP contribution in [0.3, 0.4) is 0 Å². The van der Waals surface area contributed by atoms with Crippen LogP contribution in [0.5, 0.6) is 0 Å². The van der Waals surface area contributed by atoms with Crippen LogP contribution in [0.2, 0.25) is 0 Å². The molecule has 27 heavy (non-hydrogen) atoms. The maximum Gasteiger partial charge on any atom is 0.256 e. The van der Waals surface area contributed by atoms with E-state index in [-0.39, 0.29) is 24.8 Å². The molecule has 0 radical (unpaired) electrons. The van der Waals surface area contributed by atoms with Crippen LogP contribution in [-0.4, -0.2) is 54.5 Å². The first kappa shape index (κ1) is 17.5. The number of amides is 1. The van der Waals surface area contributed by atoms with Crippen LogP contribution in [0.4, 0.5) is 10.2 Å². The molecule has 0 unspecified atom stereocenters. The zero-order valence-corrected chi connectivity index (χ0v) is 14.2. The van der Waals surface area contributed by atoms with Gasteiger partial charge in [0.05, 0.1) is 18.5 Å². The zero-order chi connectivity index (χ0) is 19.0. The van der Waals surface area contributed by atoms with Crippen molar-refractivity contribution in [2.24, 2.45) is 5.92 Å². The van der Waals surface area contributed by atoms with E-state index in [4.69, 9.17) is 0 Å². The van der Waals surface area contributed by atoms with Crippen molar-refractivity contribution in [2.45, 2.75) is 24.7 Å². The first-order valence-corrected chi connectivity index (χ1v) is 8.57. The molecule has 1 amide bonds. The van der Waals surface area contributed by atoms with Crippen LogP contribution < -0.4 is 5.32 Å². The predicted octanol–water partition coefficient (Wildman–Crippen LogP) is 1.33. The van der Waals surface area contributed by atoms with Crippen molar-refractivity contribution in [2.75, 3.05) is 11.9 Å². The minimum atomic E-state index is -1.54. The first-order valence-electron chi connectivity index (χ1n) is 8.57. The maximum atomic E-state index is 14.5. The van der Waals surface area contributed by atoms with Gasteiger partial charge in [0.15, 0.2) is 17.0 Å². The van der Waals surface area contributed by atoms with Crippen molar-refractivity contribution in [3.05, 3.63) is 48.5 Å². The number of alkyl halides is 1. The predicted molar refractivity (Wildman–Crippen MR) is 94.9 cm³/mol. The summed E-state index contributed by atoms with van der Waals surface area (Å²) in [5.74, 6) is -0.660. The van der Waals surface area contributed by atoms with Gasteiger partial charge in [-0.1, -0.05) is 18.2 Å². The summed E-state index contributed by atoms with van der Waals surface area (Å²) in [6, 6.07) is 7.97. The summed E-state index contributed by atoms with van der Waals surface area (Å²) in [7, 11) is 0. The van der Waals surface area contributed by atoms with E-state index in [0.29, 0.717) is 16.7 Å². The molecule has 0 saturated heterocycles. The third-order valence-corrected chi connectivity index (χ3v) is 4.94.